The summed E-state index contributed by atoms with van der Waals surface area (Å²) in [6.07, 6.45) is 8.24. The summed E-state index contributed by atoms with van der Waals surface area (Å²) in [4.78, 5) is 0. The predicted octanol–water partition coefficient (Wildman–Crippen LogP) is 2.69. The van der Waals surface area contributed by atoms with Crippen molar-refractivity contribution in [2.75, 3.05) is 0 Å². The van der Waals surface area contributed by atoms with E-state index in [0.717, 1.165) is 0 Å². The molecule has 1 aliphatic carbocycles. The van der Waals surface area contributed by atoms with Gasteiger partial charge in [0.2, 0.25) is 0 Å². The van der Waals surface area contributed by atoms with Gasteiger partial charge in [-0.3, -0.25) is 0 Å². The van der Waals surface area contributed by atoms with E-state index in [-0.39, 0.29) is 0 Å². The number of unbranched alkanes of at least 4 members (excludes halogenated alkanes) is 2. The van der Waals surface area contributed by atoms with Gasteiger partial charge in [-0.2, -0.15) is 0 Å². The van der Waals surface area contributed by atoms with Crippen LogP contribution in [0, 0.1) is 5.41 Å². The van der Waals surface area contributed by atoms with E-state index in [9.17, 15) is 0 Å². The van der Waals surface area contributed by atoms with E-state index in [2.05, 4.69) is 13.8 Å². The maximum Gasteiger partial charge on any atom is 0.00670 e. The smallest absolute Gasteiger partial charge is 0.00670 e. The lowest BCUT2D eigenvalue weighted by Gasteiger charge is -2.18. The lowest BCUT2D eigenvalue weighted by Crippen LogP contribution is -2.27. The molecule has 1 heteroatoms. The highest BCUT2D eigenvalue weighted by molar-refractivity contribution is 4.98. The van der Waals surface area contributed by atoms with Crippen LogP contribution < -0.4 is 5.73 Å². The van der Waals surface area contributed by atoms with Crippen molar-refractivity contribution in [3.8, 4) is 0 Å². The summed E-state index contributed by atoms with van der Waals surface area (Å²) in [5, 5.41) is 0. The van der Waals surface area contributed by atoms with Crippen molar-refractivity contribution in [2.45, 2.75) is 58.4 Å². The SMILES string of the molecule is CCCCCC1(C(C)N)CC1. The van der Waals surface area contributed by atoms with Crippen LogP contribution in [0.2, 0.25) is 0 Å². The second kappa shape index (κ2) is 3.57. The molecule has 0 radical (unpaired) electrons. The van der Waals surface area contributed by atoms with Crippen LogP contribution in [0.4, 0.5) is 0 Å². The van der Waals surface area contributed by atoms with Gasteiger partial charge in [0.05, 0.1) is 0 Å². The van der Waals surface area contributed by atoms with Crippen molar-refractivity contribution in [1.29, 1.82) is 0 Å². The van der Waals surface area contributed by atoms with Crippen molar-refractivity contribution < 1.29 is 0 Å². The van der Waals surface area contributed by atoms with Crippen LogP contribution in [0.3, 0.4) is 0 Å². The Kier molecular flexibility index (Phi) is 2.94. The molecule has 1 unspecified atom stereocenters. The minimum absolute atomic E-state index is 0.430. The zero-order chi connectivity index (χ0) is 8.32. The van der Waals surface area contributed by atoms with Crippen molar-refractivity contribution in [2.24, 2.45) is 11.1 Å². The summed E-state index contributed by atoms with van der Waals surface area (Å²) in [6.45, 7) is 4.42. The predicted molar refractivity (Wildman–Crippen MR) is 49.5 cm³/mol. The minimum atomic E-state index is 0.430. The maximum atomic E-state index is 5.91. The van der Waals surface area contributed by atoms with Crippen LogP contribution in [0.15, 0.2) is 0 Å². The zero-order valence-corrected chi connectivity index (χ0v) is 7.90. The molecule has 0 aromatic heterocycles. The molecular weight excluding hydrogens is 134 g/mol. The topological polar surface area (TPSA) is 26.0 Å². The first-order valence-electron chi connectivity index (χ1n) is 4.97. The summed E-state index contributed by atoms with van der Waals surface area (Å²) >= 11 is 0. The highest BCUT2D eigenvalue weighted by Gasteiger charge is 2.44. The molecule has 1 rings (SSSR count). The molecule has 1 atom stereocenters. The van der Waals surface area contributed by atoms with Crippen LogP contribution in [0.25, 0.3) is 0 Å². The molecule has 1 nitrogen and oxygen atoms in total. The maximum absolute atomic E-state index is 5.91. The standard InChI is InChI=1S/C10H21N/c1-3-4-5-6-10(7-8-10)9(2)11/h9H,3-8,11H2,1-2H3. The molecule has 0 aromatic carbocycles. The summed E-state index contributed by atoms with van der Waals surface area (Å²) in [5.74, 6) is 0. The van der Waals surface area contributed by atoms with Gasteiger partial charge in [-0.1, -0.05) is 26.2 Å². The Morgan fingerprint density at radius 1 is 1.36 bits per heavy atom. The average Bonchev–Trinajstić information content (AvgIpc) is 2.70. The second-order valence-corrected chi connectivity index (χ2v) is 4.11. The summed E-state index contributed by atoms with van der Waals surface area (Å²) in [7, 11) is 0. The Bertz CT molecular complexity index is 114. The third kappa shape index (κ3) is 2.19. The van der Waals surface area contributed by atoms with Gasteiger partial charge in [-0.25, -0.2) is 0 Å². The monoisotopic (exact) mass is 155 g/mol. The second-order valence-electron chi connectivity index (χ2n) is 4.11. The van der Waals surface area contributed by atoms with Crippen molar-refractivity contribution >= 4 is 0 Å². The Balaban J connectivity index is 2.14. The van der Waals surface area contributed by atoms with Crippen molar-refractivity contribution in [3.63, 3.8) is 0 Å². The molecule has 0 saturated heterocycles. The molecule has 1 saturated carbocycles. The average molecular weight is 155 g/mol. The molecule has 0 spiro atoms. The molecule has 0 amide bonds. The fraction of sp³-hybridized carbons (Fsp3) is 1.00. The number of hydrogen-bond donors (Lipinski definition) is 1. The molecular formula is C10H21N. The number of hydrogen-bond acceptors (Lipinski definition) is 1. The quantitative estimate of drug-likeness (QED) is 0.607. The highest BCUT2D eigenvalue weighted by Crippen LogP contribution is 2.51. The number of rotatable bonds is 5. The van der Waals surface area contributed by atoms with Gasteiger partial charge in [-0.15, -0.1) is 0 Å². The van der Waals surface area contributed by atoms with Crippen LogP contribution in [-0.4, -0.2) is 6.04 Å². The van der Waals surface area contributed by atoms with Gasteiger partial charge in [-0.05, 0) is 31.6 Å². The van der Waals surface area contributed by atoms with Crippen LogP contribution in [-0.2, 0) is 0 Å². The fourth-order valence-electron chi connectivity index (χ4n) is 1.82. The highest BCUT2D eigenvalue weighted by atomic mass is 14.7. The Labute approximate surface area is 70.4 Å². The Morgan fingerprint density at radius 3 is 2.36 bits per heavy atom. The molecule has 2 N–H and O–H groups in total. The van der Waals surface area contributed by atoms with Gasteiger partial charge < -0.3 is 5.73 Å². The first-order chi connectivity index (χ1) is 5.21. The summed E-state index contributed by atoms with van der Waals surface area (Å²) < 4.78 is 0. The van der Waals surface area contributed by atoms with E-state index >= 15 is 0 Å². The van der Waals surface area contributed by atoms with Gasteiger partial charge >= 0.3 is 0 Å². The molecule has 66 valence electrons. The van der Waals surface area contributed by atoms with Crippen LogP contribution in [0.1, 0.15) is 52.4 Å². The minimum Gasteiger partial charge on any atom is -0.327 e. The van der Waals surface area contributed by atoms with Crippen molar-refractivity contribution in [3.05, 3.63) is 0 Å². The van der Waals surface area contributed by atoms with E-state index in [1.54, 1.807) is 0 Å². The normalized spacial score (nSPS) is 23.2. The molecule has 1 fully saturated rings. The van der Waals surface area contributed by atoms with Gasteiger partial charge in [0.25, 0.3) is 0 Å². The molecule has 11 heavy (non-hydrogen) atoms. The number of nitrogens with two attached hydrogens (primary N) is 1. The van der Waals surface area contributed by atoms with E-state index in [1.807, 2.05) is 0 Å². The molecule has 0 heterocycles. The van der Waals surface area contributed by atoms with E-state index in [4.69, 9.17) is 5.73 Å². The van der Waals surface area contributed by atoms with Gasteiger partial charge in [0.1, 0.15) is 0 Å². The van der Waals surface area contributed by atoms with Crippen LogP contribution >= 0.6 is 0 Å². The van der Waals surface area contributed by atoms with Gasteiger partial charge in [0, 0.05) is 6.04 Å². The molecule has 1 aliphatic rings. The van der Waals surface area contributed by atoms with Crippen molar-refractivity contribution in [1.82, 2.24) is 0 Å². The lowest BCUT2D eigenvalue weighted by molar-refractivity contribution is 0.373. The third-order valence-corrected chi connectivity index (χ3v) is 3.14. The largest absolute Gasteiger partial charge is 0.327 e. The summed E-state index contributed by atoms with van der Waals surface area (Å²) in [5.41, 5.74) is 6.49. The molecule has 0 bridgehead atoms. The first-order valence-corrected chi connectivity index (χ1v) is 4.97. The van der Waals surface area contributed by atoms with Gasteiger partial charge in [0.15, 0.2) is 0 Å². The fourth-order valence-corrected chi connectivity index (χ4v) is 1.82. The third-order valence-electron chi connectivity index (χ3n) is 3.14. The first kappa shape index (κ1) is 9.05. The van der Waals surface area contributed by atoms with E-state index in [1.165, 1.54) is 38.5 Å². The Hall–Kier alpha value is -0.0400. The van der Waals surface area contributed by atoms with E-state index in [0.29, 0.717) is 11.5 Å². The Morgan fingerprint density at radius 2 is 2.00 bits per heavy atom. The molecule has 0 aliphatic heterocycles. The summed E-state index contributed by atoms with van der Waals surface area (Å²) in [6, 6.07) is 0.430. The zero-order valence-electron chi connectivity index (χ0n) is 7.90. The van der Waals surface area contributed by atoms with E-state index < -0.39 is 0 Å². The molecule has 0 aromatic rings. The van der Waals surface area contributed by atoms with Crippen LogP contribution in [0.5, 0.6) is 0 Å². The lowest BCUT2D eigenvalue weighted by atomic mass is 9.92.